The van der Waals surface area contributed by atoms with Gasteiger partial charge in [0, 0.05) is 52.6 Å². The van der Waals surface area contributed by atoms with Crippen LogP contribution in [0.3, 0.4) is 0 Å². The molecule has 10 heteroatoms. The lowest BCUT2D eigenvalue weighted by molar-refractivity contribution is -0.114. The van der Waals surface area contributed by atoms with Crippen molar-refractivity contribution in [1.29, 1.82) is 0 Å². The van der Waals surface area contributed by atoms with Crippen LogP contribution in [-0.2, 0) is 9.68 Å². The van der Waals surface area contributed by atoms with Crippen LogP contribution in [0.15, 0.2) is 24.3 Å². The van der Waals surface area contributed by atoms with Gasteiger partial charge in [-0.2, -0.15) is 0 Å². The van der Waals surface area contributed by atoms with E-state index in [0.29, 0.717) is 51.9 Å². The fraction of sp³-hybridized carbons (Fsp3) is 0.600. The molecule has 0 atom stereocenters. The van der Waals surface area contributed by atoms with E-state index in [9.17, 15) is 9.59 Å². The molecule has 0 aliphatic carbocycles. The van der Waals surface area contributed by atoms with Crippen molar-refractivity contribution in [2.75, 3.05) is 52.6 Å². The molecule has 170 valence electrons. The number of aliphatic hydroxyl groups is 4. The average Bonchev–Trinajstić information content (AvgIpc) is 2.77. The molecule has 0 aliphatic rings. The highest BCUT2D eigenvalue weighted by molar-refractivity contribution is 5.93. The first kappa shape index (κ1) is 26.0. The summed E-state index contributed by atoms with van der Waals surface area (Å²) in [7, 11) is 0. The van der Waals surface area contributed by atoms with E-state index in [1.165, 1.54) is 34.4 Å². The van der Waals surface area contributed by atoms with Crippen LogP contribution >= 0.6 is 0 Å². The standard InChI is InChI=1S/C20H32N2O8/c23-13-1-9-21(10-2-14-24)29-19(27)17-5-7-18(8-6-17)20(28)30-22(11-3-15-25)12-4-16-26/h5-8,23-26H,1-4,9-16H2. The summed E-state index contributed by atoms with van der Waals surface area (Å²) in [4.78, 5) is 35.2. The molecule has 0 saturated carbocycles. The Labute approximate surface area is 176 Å². The summed E-state index contributed by atoms with van der Waals surface area (Å²) in [5.74, 6) is -1.23. The molecule has 0 spiro atoms. The van der Waals surface area contributed by atoms with E-state index >= 15 is 0 Å². The second-order valence-electron chi connectivity index (χ2n) is 6.50. The Bertz CT molecular complexity index is 542. The summed E-state index contributed by atoms with van der Waals surface area (Å²) < 4.78 is 0. The summed E-state index contributed by atoms with van der Waals surface area (Å²) in [6.07, 6.45) is 1.69. The molecular weight excluding hydrogens is 396 g/mol. The normalized spacial score (nSPS) is 11.1. The smallest absolute Gasteiger partial charge is 0.357 e. The largest absolute Gasteiger partial charge is 0.396 e. The maximum atomic E-state index is 12.3. The van der Waals surface area contributed by atoms with Gasteiger partial charge in [0.15, 0.2) is 0 Å². The monoisotopic (exact) mass is 428 g/mol. The van der Waals surface area contributed by atoms with Gasteiger partial charge in [-0.25, -0.2) is 9.59 Å². The molecule has 1 aromatic carbocycles. The van der Waals surface area contributed by atoms with Gasteiger partial charge >= 0.3 is 11.9 Å². The summed E-state index contributed by atoms with van der Waals surface area (Å²) in [5.41, 5.74) is 0.476. The zero-order valence-corrected chi connectivity index (χ0v) is 17.1. The fourth-order valence-electron chi connectivity index (χ4n) is 2.48. The van der Waals surface area contributed by atoms with E-state index in [1.54, 1.807) is 0 Å². The first-order valence-corrected chi connectivity index (χ1v) is 10.0. The van der Waals surface area contributed by atoms with Gasteiger partial charge < -0.3 is 30.1 Å². The van der Waals surface area contributed by atoms with Crippen LogP contribution < -0.4 is 0 Å². The molecule has 10 nitrogen and oxygen atoms in total. The van der Waals surface area contributed by atoms with Crippen LogP contribution in [-0.4, -0.2) is 95.1 Å². The van der Waals surface area contributed by atoms with Crippen molar-refractivity contribution < 1.29 is 39.7 Å². The molecule has 0 saturated heterocycles. The summed E-state index contributed by atoms with van der Waals surface area (Å²) in [6, 6.07) is 5.78. The van der Waals surface area contributed by atoms with Crippen LogP contribution in [0.5, 0.6) is 0 Å². The zero-order chi connectivity index (χ0) is 22.2. The van der Waals surface area contributed by atoms with Crippen LogP contribution in [0.1, 0.15) is 46.4 Å². The molecule has 0 heterocycles. The number of carbonyl (C=O) groups excluding carboxylic acids is 2. The number of benzene rings is 1. The topological polar surface area (TPSA) is 140 Å². The van der Waals surface area contributed by atoms with Crippen molar-refractivity contribution in [3.8, 4) is 0 Å². The minimum atomic E-state index is -0.613. The van der Waals surface area contributed by atoms with Crippen molar-refractivity contribution in [3.05, 3.63) is 35.4 Å². The second kappa shape index (κ2) is 15.7. The Morgan fingerprint density at radius 3 is 1.10 bits per heavy atom. The van der Waals surface area contributed by atoms with Gasteiger partial charge in [0.25, 0.3) is 0 Å². The molecule has 4 N–H and O–H groups in total. The van der Waals surface area contributed by atoms with E-state index in [2.05, 4.69) is 0 Å². The van der Waals surface area contributed by atoms with Gasteiger partial charge in [-0.05, 0) is 49.9 Å². The molecule has 0 aromatic heterocycles. The number of hydrogen-bond donors (Lipinski definition) is 4. The first-order chi connectivity index (χ1) is 14.5. The molecule has 0 unspecified atom stereocenters. The first-order valence-electron chi connectivity index (χ1n) is 10.0. The number of aliphatic hydroxyl groups excluding tert-OH is 4. The van der Waals surface area contributed by atoms with Gasteiger partial charge in [0.2, 0.25) is 0 Å². The van der Waals surface area contributed by atoms with Crippen LogP contribution in [0, 0.1) is 0 Å². The van der Waals surface area contributed by atoms with Crippen molar-refractivity contribution >= 4 is 11.9 Å². The number of carbonyl (C=O) groups is 2. The van der Waals surface area contributed by atoms with E-state index in [-0.39, 0.29) is 37.6 Å². The van der Waals surface area contributed by atoms with Gasteiger partial charge in [-0.15, -0.1) is 10.1 Å². The Morgan fingerprint density at radius 1 is 0.600 bits per heavy atom. The molecule has 0 aliphatic heterocycles. The molecular formula is C20H32N2O8. The Kier molecular flexibility index (Phi) is 13.6. The van der Waals surface area contributed by atoms with E-state index in [0.717, 1.165) is 0 Å². The Balaban J connectivity index is 2.68. The average molecular weight is 428 g/mol. The lowest BCUT2D eigenvalue weighted by Crippen LogP contribution is -2.31. The summed E-state index contributed by atoms with van der Waals surface area (Å²) in [6.45, 7) is 1.17. The fourth-order valence-corrected chi connectivity index (χ4v) is 2.48. The minimum Gasteiger partial charge on any atom is -0.396 e. The SMILES string of the molecule is O=C(ON(CCCO)CCCO)c1ccc(C(=O)ON(CCCO)CCCO)cc1. The van der Waals surface area contributed by atoms with Gasteiger partial charge in [-0.3, -0.25) is 0 Å². The van der Waals surface area contributed by atoms with E-state index < -0.39 is 11.9 Å². The van der Waals surface area contributed by atoms with Crippen molar-refractivity contribution in [2.45, 2.75) is 25.7 Å². The number of nitrogens with zero attached hydrogens (tertiary/aromatic N) is 2. The Hall–Kier alpha value is -2.08. The van der Waals surface area contributed by atoms with Gasteiger partial charge in [0.1, 0.15) is 0 Å². The maximum absolute atomic E-state index is 12.3. The van der Waals surface area contributed by atoms with Crippen LogP contribution in [0.4, 0.5) is 0 Å². The van der Waals surface area contributed by atoms with Crippen molar-refractivity contribution in [1.82, 2.24) is 10.1 Å². The highest BCUT2D eigenvalue weighted by Gasteiger charge is 2.17. The van der Waals surface area contributed by atoms with Crippen LogP contribution in [0.2, 0.25) is 0 Å². The van der Waals surface area contributed by atoms with Crippen molar-refractivity contribution in [3.63, 3.8) is 0 Å². The third-order valence-corrected chi connectivity index (χ3v) is 4.04. The number of rotatable bonds is 16. The molecule has 0 fully saturated rings. The predicted molar refractivity (Wildman–Crippen MR) is 107 cm³/mol. The Morgan fingerprint density at radius 2 is 0.867 bits per heavy atom. The second-order valence-corrected chi connectivity index (χ2v) is 6.50. The molecule has 30 heavy (non-hydrogen) atoms. The number of hydrogen-bond acceptors (Lipinski definition) is 10. The van der Waals surface area contributed by atoms with Gasteiger partial charge in [-0.1, -0.05) is 0 Å². The molecule has 1 rings (SSSR count). The maximum Gasteiger partial charge on any atom is 0.357 e. The lowest BCUT2D eigenvalue weighted by Gasteiger charge is -2.21. The molecule has 0 radical (unpaired) electrons. The zero-order valence-electron chi connectivity index (χ0n) is 17.1. The molecule has 1 aromatic rings. The number of hydroxylamine groups is 4. The lowest BCUT2D eigenvalue weighted by atomic mass is 10.1. The highest BCUT2D eigenvalue weighted by Crippen LogP contribution is 2.10. The summed E-state index contributed by atoms with van der Waals surface area (Å²) in [5, 5.41) is 38.5. The third-order valence-electron chi connectivity index (χ3n) is 4.04. The summed E-state index contributed by atoms with van der Waals surface area (Å²) >= 11 is 0. The molecule has 0 amide bonds. The van der Waals surface area contributed by atoms with E-state index in [1.807, 2.05) is 0 Å². The molecule has 0 bridgehead atoms. The van der Waals surface area contributed by atoms with Crippen LogP contribution in [0.25, 0.3) is 0 Å². The quantitative estimate of drug-likeness (QED) is 0.265. The van der Waals surface area contributed by atoms with Crippen molar-refractivity contribution in [2.24, 2.45) is 0 Å². The highest BCUT2D eigenvalue weighted by atomic mass is 16.7. The predicted octanol–water partition coefficient (Wildman–Crippen LogP) is -0.0362. The minimum absolute atomic E-state index is 0.0440. The van der Waals surface area contributed by atoms with Gasteiger partial charge in [0.05, 0.1) is 11.1 Å². The van der Waals surface area contributed by atoms with E-state index in [4.69, 9.17) is 30.1 Å². The third kappa shape index (κ3) is 10.1.